The van der Waals surface area contributed by atoms with Gasteiger partial charge in [0.15, 0.2) is 0 Å². The second kappa shape index (κ2) is 16.3. The maximum Gasteiger partial charge on any atom is 0.385 e. The third-order valence-electron chi connectivity index (χ3n) is 8.71. The van der Waals surface area contributed by atoms with Gasteiger partial charge in [-0.1, -0.05) is 24.3 Å². The second-order valence-electron chi connectivity index (χ2n) is 13.5. The van der Waals surface area contributed by atoms with Gasteiger partial charge in [0.1, 0.15) is 23.0 Å². The van der Waals surface area contributed by atoms with Crippen LogP contribution in [0.1, 0.15) is 22.3 Å². The summed E-state index contributed by atoms with van der Waals surface area (Å²) in [7, 11) is -9.14. The SMILES string of the molecule is CS(=O)(=O)Oc1cccc(C(F)(F)C(F)(F)C(F)(F)C(F)(F)C(F)(F)c2ccc(Oc3ccc(C(F)(F)C(F)(F)C(F)(F)C(F)(F)C(F)(F)c4cccc(OS(C)(=O)=O)c4)cc3)cc2)c1. The molecule has 4 aromatic rings. The number of benzene rings is 4. The first kappa shape index (κ1) is 52.4. The molecule has 0 atom stereocenters. The van der Waals surface area contributed by atoms with Crippen molar-refractivity contribution in [2.75, 3.05) is 12.5 Å². The summed E-state index contributed by atoms with van der Waals surface area (Å²) in [5.41, 5.74) is -9.18. The van der Waals surface area contributed by atoms with E-state index in [4.69, 9.17) is 4.74 Å². The van der Waals surface area contributed by atoms with E-state index in [9.17, 15) is 105 Å². The number of halogens is 20. The molecule has 29 heteroatoms. The molecule has 7 nitrogen and oxygen atoms in total. The summed E-state index contributed by atoms with van der Waals surface area (Å²) in [6, 6.07) is 0.652. The maximum absolute atomic E-state index is 15.0. The molecule has 360 valence electrons. The Hall–Kier alpha value is -5.22. The van der Waals surface area contributed by atoms with Crippen LogP contribution in [0.5, 0.6) is 23.0 Å². The van der Waals surface area contributed by atoms with Gasteiger partial charge in [-0.05, 0) is 72.8 Å². The largest absolute Gasteiger partial charge is 0.457 e. The fourth-order valence-corrected chi connectivity index (χ4v) is 6.25. The zero-order valence-corrected chi connectivity index (χ0v) is 33.1. The monoisotopic (exact) mass is 1010 g/mol. The molecular weight excluding hydrogens is 988 g/mol. The van der Waals surface area contributed by atoms with Gasteiger partial charge in [-0.25, -0.2) is 0 Å². The summed E-state index contributed by atoms with van der Waals surface area (Å²) in [5, 5.41) is 0. The van der Waals surface area contributed by atoms with Crippen molar-refractivity contribution in [2.24, 2.45) is 0 Å². The molecule has 0 N–H and O–H groups in total. The smallest absolute Gasteiger partial charge is 0.385 e. The molecule has 0 aromatic heterocycles. The average molecular weight is 1010 g/mol. The molecule has 0 saturated carbocycles. The van der Waals surface area contributed by atoms with Gasteiger partial charge < -0.3 is 13.1 Å². The van der Waals surface area contributed by atoms with Gasteiger partial charge in [0.2, 0.25) is 0 Å². The molecule has 0 aliphatic heterocycles. The summed E-state index contributed by atoms with van der Waals surface area (Å²) in [5.74, 6) is -75.0. The fourth-order valence-electron chi connectivity index (χ4n) is 5.34. The van der Waals surface area contributed by atoms with Crippen molar-refractivity contribution in [3.8, 4) is 23.0 Å². The lowest BCUT2D eigenvalue weighted by Gasteiger charge is -2.39. The van der Waals surface area contributed by atoms with Crippen molar-refractivity contribution in [2.45, 2.75) is 59.2 Å². The van der Waals surface area contributed by atoms with Crippen LogP contribution in [0, 0.1) is 0 Å². The lowest BCUT2D eigenvalue weighted by atomic mass is 9.88. The van der Waals surface area contributed by atoms with Gasteiger partial charge in [0.25, 0.3) is 0 Å². The minimum atomic E-state index is -7.65. The molecule has 0 spiro atoms. The molecule has 0 saturated heterocycles. The number of hydrogen-bond acceptors (Lipinski definition) is 7. The maximum atomic E-state index is 15.0. The third kappa shape index (κ3) is 9.04. The van der Waals surface area contributed by atoms with Crippen molar-refractivity contribution in [3.05, 3.63) is 119 Å². The van der Waals surface area contributed by atoms with Crippen LogP contribution < -0.4 is 13.1 Å². The highest BCUT2D eigenvalue weighted by Gasteiger charge is 2.88. The standard InChI is InChI=1S/C36H22F20O7S2/c1-64(57,58)62-25-7-3-5-21(17-25)29(41,42)33(49,50)35(53,54)31(45,46)27(37,38)19-9-13-23(14-10-19)61-24-15-11-20(12-16-24)28(39,40)32(47,48)36(55,56)34(51,52)30(43,44)22-6-4-8-26(18-22)63-65(2,59)60/h3-18H,1-2H3. The van der Waals surface area contributed by atoms with Crippen LogP contribution in [-0.2, 0) is 43.9 Å². The molecule has 0 aliphatic rings. The molecule has 0 radical (unpaired) electrons. The van der Waals surface area contributed by atoms with Gasteiger partial charge in [0, 0.05) is 22.3 Å². The second-order valence-corrected chi connectivity index (χ2v) is 16.7. The molecule has 0 unspecified atom stereocenters. The number of hydrogen-bond donors (Lipinski definition) is 0. The molecular formula is C36H22F20O7S2. The Morgan fingerprint density at radius 3 is 0.815 bits per heavy atom. The molecule has 4 rings (SSSR count). The van der Waals surface area contributed by atoms with Crippen LogP contribution >= 0.6 is 0 Å². The minimum Gasteiger partial charge on any atom is -0.457 e. The van der Waals surface area contributed by atoms with E-state index in [1.807, 2.05) is 0 Å². The van der Waals surface area contributed by atoms with Crippen molar-refractivity contribution in [1.82, 2.24) is 0 Å². The zero-order chi connectivity index (χ0) is 50.1. The Morgan fingerprint density at radius 2 is 0.569 bits per heavy atom. The number of ether oxygens (including phenoxy) is 1. The summed E-state index contributed by atoms with van der Waals surface area (Å²) in [6.07, 6.45) is 0.653. The van der Waals surface area contributed by atoms with E-state index in [-0.39, 0.29) is 72.8 Å². The number of rotatable bonds is 18. The highest BCUT2D eigenvalue weighted by molar-refractivity contribution is 7.86. The molecule has 4 aromatic carbocycles. The summed E-state index contributed by atoms with van der Waals surface area (Å²) >= 11 is 0. The molecule has 0 aliphatic carbocycles. The van der Waals surface area contributed by atoms with E-state index < -0.39 is 125 Å². The summed E-state index contributed by atoms with van der Waals surface area (Å²) in [4.78, 5) is 0. The average Bonchev–Trinajstić information content (AvgIpc) is 3.16. The van der Waals surface area contributed by atoms with Gasteiger partial charge >= 0.3 is 79.5 Å². The van der Waals surface area contributed by atoms with E-state index in [0.717, 1.165) is 0 Å². The van der Waals surface area contributed by atoms with E-state index >= 15 is 0 Å². The van der Waals surface area contributed by atoms with Gasteiger partial charge in [-0.3, -0.25) is 0 Å². The molecule has 0 amide bonds. The highest BCUT2D eigenvalue weighted by atomic mass is 32.2. The van der Waals surface area contributed by atoms with Gasteiger partial charge in [-0.2, -0.15) is 105 Å². The molecule has 0 bridgehead atoms. The Kier molecular flexibility index (Phi) is 13.1. The first-order valence-corrected chi connectivity index (χ1v) is 20.3. The van der Waals surface area contributed by atoms with Crippen LogP contribution in [-0.4, -0.2) is 64.9 Å². The van der Waals surface area contributed by atoms with E-state index in [1.54, 1.807) is 0 Å². The fraction of sp³-hybridized carbons (Fsp3) is 0.333. The highest BCUT2D eigenvalue weighted by Crippen LogP contribution is 2.63. The van der Waals surface area contributed by atoms with Crippen molar-refractivity contribution in [3.63, 3.8) is 0 Å². The van der Waals surface area contributed by atoms with E-state index in [0.29, 0.717) is 36.8 Å². The Balaban J connectivity index is 1.57. The van der Waals surface area contributed by atoms with Crippen molar-refractivity contribution >= 4 is 20.2 Å². The Morgan fingerprint density at radius 1 is 0.323 bits per heavy atom. The first-order chi connectivity index (χ1) is 29.0. The van der Waals surface area contributed by atoms with Gasteiger partial charge in [0.05, 0.1) is 12.5 Å². The minimum absolute atomic E-state index is 0.0834. The number of alkyl halides is 20. The van der Waals surface area contributed by atoms with Gasteiger partial charge in [-0.15, -0.1) is 0 Å². The quantitative estimate of drug-likeness (QED) is 0.0723. The summed E-state index contributed by atoms with van der Waals surface area (Å²) < 4.78 is 354. The normalized spacial score (nSPS) is 14.6. The zero-order valence-electron chi connectivity index (χ0n) is 31.5. The topological polar surface area (TPSA) is 96.0 Å². The first-order valence-electron chi connectivity index (χ1n) is 16.7. The summed E-state index contributed by atoms with van der Waals surface area (Å²) in [6.45, 7) is 0. The lowest BCUT2D eigenvalue weighted by molar-refractivity contribution is -0.407. The van der Waals surface area contributed by atoms with E-state index in [1.165, 1.54) is 0 Å². The third-order valence-corrected chi connectivity index (χ3v) is 9.70. The molecule has 65 heavy (non-hydrogen) atoms. The molecule has 0 fully saturated rings. The predicted molar refractivity (Wildman–Crippen MR) is 182 cm³/mol. The van der Waals surface area contributed by atoms with Crippen molar-refractivity contribution < 1.29 is 118 Å². The Bertz CT molecular complexity index is 2420. The van der Waals surface area contributed by atoms with Crippen LogP contribution in [0.2, 0.25) is 0 Å². The Labute approximate surface area is 351 Å². The lowest BCUT2D eigenvalue weighted by Crippen LogP contribution is -2.65. The van der Waals surface area contributed by atoms with Crippen LogP contribution in [0.3, 0.4) is 0 Å². The molecule has 0 heterocycles. The van der Waals surface area contributed by atoms with Crippen LogP contribution in [0.15, 0.2) is 97.1 Å². The predicted octanol–water partition coefficient (Wildman–Crippen LogP) is 11.7. The van der Waals surface area contributed by atoms with E-state index in [2.05, 4.69) is 8.37 Å². The van der Waals surface area contributed by atoms with Crippen LogP contribution in [0.4, 0.5) is 87.8 Å². The van der Waals surface area contributed by atoms with Crippen molar-refractivity contribution in [1.29, 1.82) is 0 Å². The van der Waals surface area contributed by atoms with Crippen LogP contribution in [0.25, 0.3) is 0 Å².